The molecule has 2 aromatic carbocycles. The van der Waals surface area contributed by atoms with Crippen molar-refractivity contribution in [3.05, 3.63) is 54.1 Å². The van der Waals surface area contributed by atoms with Gasteiger partial charge in [0.15, 0.2) is 0 Å². The highest BCUT2D eigenvalue weighted by molar-refractivity contribution is 7.89. The number of rotatable bonds is 8. The summed E-state index contributed by atoms with van der Waals surface area (Å²) in [6.45, 7) is 3.39. The zero-order chi connectivity index (χ0) is 21.6. The molecule has 162 valence electrons. The molecule has 1 fully saturated rings. The monoisotopic (exact) mass is 432 g/mol. The lowest BCUT2D eigenvalue weighted by molar-refractivity contribution is -0.126. The predicted molar refractivity (Wildman–Crippen MR) is 114 cm³/mol. The van der Waals surface area contributed by atoms with Crippen LogP contribution in [0.4, 0.5) is 0 Å². The largest absolute Gasteiger partial charge is 0.497 e. The summed E-state index contributed by atoms with van der Waals surface area (Å²) in [5.74, 6) is 0.812. The minimum Gasteiger partial charge on any atom is -0.497 e. The maximum absolute atomic E-state index is 13.0. The third kappa shape index (κ3) is 5.12. The second-order valence-corrected chi connectivity index (χ2v) is 9.07. The Morgan fingerprint density at radius 3 is 2.60 bits per heavy atom. The molecule has 1 amide bonds. The summed E-state index contributed by atoms with van der Waals surface area (Å²) in [5.41, 5.74) is 0.895. The van der Waals surface area contributed by atoms with Gasteiger partial charge in [0.2, 0.25) is 15.9 Å². The van der Waals surface area contributed by atoms with Crippen molar-refractivity contribution in [1.82, 2.24) is 9.62 Å². The fourth-order valence-corrected chi connectivity index (χ4v) is 5.07. The molecule has 1 aliphatic rings. The second-order valence-electron chi connectivity index (χ2n) is 7.14. The SMILES string of the molecule is CCOc1ccccc1CNC(=O)C1CCCN(S(=O)(=O)c2ccc(OC)cc2)C1. The summed E-state index contributed by atoms with van der Waals surface area (Å²) in [6, 6.07) is 13.9. The number of ether oxygens (including phenoxy) is 2. The van der Waals surface area contributed by atoms with E-state index in [1.165, 1.54) is 23.5 Å². The number of sulfonamides is 1. The van der Waals surface area contributed by atoms with Crippen LogP contribution in [0.5, 0.6) is 11.5 Å². The Morgan fingerprint density at radius 1 is 1.17 bits per heavy atom. The smallest absolute Gasteiger partial charge is 0.243 e. The molecule has 0 radical (unpaired) electrons. The molecular weight excluding hydrogens is 404 g/mol. The molecule has 0 aliphatic carbocycles. The van der Waals surface area contributed by atoms with Gasteiger partial charge in [0.25, 0.3) is 0 Å². The van der Waals surface area contributed by atoms with Crippen LogP contribution in [0.1, 0.15) is 25.3 Å². The van der Waals surface area contributed by atoms with Gasteiger partial charge in [-0.1, -0.05) is 18.2 Å². The lowest BCUT2D eigenvalue weighted by atomic mass is 9.98. The Morgan fingerprint density at radius 2 is 1.90 bits per heavy atom. The molecule has 30 heavy (non-hydrogen) atoms. The molecule has 0 saturated carbocycles. The molecule has 0 spiro atoms. The minimum atomic E-state index is -3.66. The van der Waals surface area contributed by atoms with E-state index in [1.54, 1.807) is 12.1 Å². The molecule has 1 aliphatic heterocycles. The highest BCUT2D eigenvalue weighted by atomic mass is 32.2. The van der Waals surface area contributed by atoms with E-state index in [1.807, 2.05) is 31.2 Å². The van der Waals surface area contributed by atoms with E-state index in [-0.39, 0.29) is 23.3 Å². The van der Waals surface area contributed by atoms with E-state index in [4.69, 9.17) is 9.47 Å². The number of hydrogen-bond donors (Lipinski definition) is 1. The van der Waals surface area contributed by atoms with Crippen molar-refractivity contribution in [2.24, 2.45) is 5.92 Å². The first-order valence-corrected chi connectivity index (χ1v) is 11.5. The number of amides is 1. The van der Waals surface area contributed by atoms with Crippen LogP contribution < -0.4 is 14.8 Å². The lowest BCUT2D eigenvalue weighted by Crippen LogP contribution is -2.45. The molecule has 1 N–H and O–H groups in total. The van der Waals surface area contributed by atoms with Gasteiger partial charge in [-0.05, 0) is 50.1 Å². The van der Waals surface area contributed by atoms with Gasteiger partial charge in [0, 0.05) is 25.2 Å². The fraction of sp³-hybridized carbons (Fsp3) is 0.409. The van der Waals surface area contributed by atoms with Crippen molar-refractivity contribution in [3.8, 4) is 11.5 Å². The van der Waals surface area contributed by atoms with E-state index in [0.29, 0.717) is 38.3 Å². The zero-order valence-corrected chi connectivity index (χ0v) is 18.2. The number of piperidine rings is 1. The molecule has 1 unspecified atom stereocenters. The van der Waals surface area contributed by atoms with Crippen molar-refractivity contribution in [3.63, 3.8) is 0 Å². The van der Waals surface area contributed by atoms with Crippen molar-refractivity contribution >= 4 is 15.9 Å². The zero-order valence-electron chi connectivity index (χ0n) is 17.3. The van der Waals surface area contributed by atoms with Gasteiger partial charge in [0.05, 0.1) is 24.5 Å². The number of carbonyl (C=O) groups excluding carboxylic acids is 1. The summed E-state index contributed by atoms with van der Waals surface area (Å²) < 4.78 is 38.1. The van der Waals surface area contributed by atoms with Crippen LogP contribution in [0.15, 0.2) is 53.4 Å². The Balaban J connectivity index is 1.64. The Hall–Kier alpha value is -2.58. The molecule has 8 heteroatoms. The van der Waals surface area contributed by atoms with Crippen molar-refractivity contribution in [1.29, 1.82) is 0 Å². The standard InChI is InChI=1S/C22H28N2O5S/c1-3-29-21-9-5-4-7-17(21)15-23-22(25)18-8-6-14-24(16-18)30(26,27)20-12-10-19(28-2)11-13-20/h4-5,7,9-13,18H,3,6,8,14-16H2,1-2H3,(H,23,25). The molecule has 0 aromatic heterocycles. The van der Waals surface area contributed by atoms with Gasteiger partial charge in [-0.15, -0.1) is 0 Å². The molecular formula is C22H28N2O5S. The van der Waals surface area contributed by atoms with Gasteiger partial charge >= 0.3 is 0 Å². The van der Waals surface area contributed by atoms with E-state index in [2.05, 4.69) is 5.32 Å². The summed E-state index contributed by atoms with van der Waals surface area (Å²) in [6.07, 6.45) is 1.30. The van der Waals surface area contributed by atoms with E-state index < -0.39 is 10.0 Å². The molecule has 1 atom stereocenters. The van der Waals surface area contributed by atoms with Crippen molar-refractivity contribution in [2.75, 3.05) is 26.8 Å². The summed E-state index contributed by atoms with van der Waals surface area (Å²) in [5, 5.41) is 2.94. The van der Waals surface area contributed by atoms with E-state index in [0.717, 1.165) is 11.3 Å². The Labute approximate surface area is 178 Å². The fourth-order valence-electron chi connectivity index (χ4n) is 3.54. The predicted octanol–water partition coefficient (Wildman–Crippen LogP) is 2.81. The maximum Gasteiger partial charge on any atom is 0.243 e. The third-order valence-electron chi connectivity index (χ3n) is 5.18. The van der Waals surface area contributed by atoms with E-state index in [9.17, 15) is 13.2 Å². The van der Waals surface area contributed by atoms with Gasteiger partial charge in [0.1, 0.15) is 11.5 Å². The maximum atomic E-state index is 13.0. The average molecular weight is 433 g/mol. The van der Waals surface area contributed by atoms with Gasteiger partial charge in [-0.3, -0.25) is 4.79 Å². The van der Waals surface area contributed by atoms with Crippen molar-refractivity contribution in [2.45, 2.75) is 31.2 Å². The van der Waals surface area contributed by atoms with Crippen LogP contribution >= 0.6 is 0 Å². The molecule has 1 saturated heterocycles. The van der Waals surface area contributed by atoms with Crippen LogP contribution in [0.3, 0.4) is 0 Å². The number of carbonyl (C=O) groups is 1. The lowest BCUT2D eigenvalue weighted by Gasteiger charge is -2.31. The van der Waals surface area contributed by atoms with Crippen LogP contribution in [-0.2, 0) is 21.4 Å². The van der Waals surface area contributed by atoms with Gasteiger partial charge in [-0.25, -0.2) is 8.42 Å². The quantitative estimate of drug-likeness (QED) is 0.693. The number of nitrogens with one attached hydrogen (secondary N) is 1. The molecule has 0 bridgehead atoms. The van der Waals surface area contributed by atoms with Gasteiger partial charge < -0.3 is 14.8 Å². The number of nitrogens with zero attached hydrogens (tertiary/aromatic N) is 1. The van der Waals surface area contributed by atoms with Crippen LogP contribution in [0.25, 0.3) is 0 Å². The first-order chi connectivity index (χ1) is 14.5. The highest BCUT2D eigenvalue weighted by Crippen LogP contribution is 2.25. The van der Waals surface area contributed by atoms with Crippen LogP contribution in [-0.4, -0.2) is 45.4 Å². The summed E-state index contributed by atoms with van der Waals surface area (Å²) in [4.78, 5) is 12.9. The Bertz CT molecular complexity index is 960. The minimum absolute atomic E-state index is 0.143. The van der Waals surface area contributed by atoms with Crippen LogP contribution in [0, 0.1) is 5.92 Å². The van der Waals surface area contributed by atoms with Gasteiger partial charge in [-0.2, -0.15) is 4.31 Å². The first-order valence-electron chi connectivity index (χ1n) is 10.1. The third-order valence-corrected chi connectivity index (χ3v) is 7.06. The number of para-hydroxylation sites is 1. The van der Waals surface area contributed by atoms with Crippen LogP contribution in [0.2, 0.25) is 0 Å². The first kappa shape index (κ1) is 22.1. The summed E-state index contributed by atoms with van der Waals surface area (Å²) in [7, 11) is -2.12. The number of methoxy groups -OCH3 is 1. The average Bonchev–Trinajstić information content (AvgIpc) is 2.78. The summed E-state index contributed by atoms with van der Waals surface area (Å²) >= 11 is 0. The highest BCUT2D eigenvalue weighted by Gasteiger charge is 2.33. The molecule has 1 heterocycles. The normalized spacial score (nSPS) is 17.3. The van der Waals surface area contributed by atoms with Crippen molar-refractivity contribution < 1.29 is 22.7 Å². The number of benzene rings is 2. The number of hydrogen-bond acceptors (Lipinski definition) is 5. The molecule has 7 nitrogen and oxygen atoms in total. The van der Waals surface area contributed by atoms with E-state index >= 15 is 0 Å². The topological polar surface area (TPSA) is 84.9 Å². The second kappa shape index (κ2) is 9.95. The Kier molecular flexibility index (Phi) is 7.33. The molecule has 3 rings (SSSR count). The molecule has 2 aromatic rings.